The van der Waals surface area contributed by atoms with Crippen LogP contribution in [-0.4, -0.2) is 28.3 Å². The molecule has 0 unspecified atom stereocenters. The highest BCUT2D eigenvalue weighted by Gasteiger charge is 2.35. The maximum absolute atomic E-state index is 12.3. The molecule has 2 heterocycles. The van der Waals surface area contributed by atoms with Crippen LogP contribution in [-0.2, 0) is 9.59 Å². The minimum Gasteiger partial charge on any atom is -0.312 e. The predicted molar refractivity (Wildman–Crippen MR) is 87.0 cm³/mol. The Morgan fingerprint density at radius 1 is 1.17 bits per heavy atom. The first kappa shape index (κ1) is 15.1. The van der Waals surface area contributed by atoms with Gasteiger partial charge in [-0.05, 0) is 43.2 Å². The van der Waals surface area contributed by atoms with Crippen LogP contribution in [0.5, 0.6) is 0 Å². The SMILES string of the molecule is Cc1cc(C)cc(N2C[C@H](C(=O)Nc3ncccn3)CC2=O)c1. The summed E-state index contributed by atoms with van der Waals surface area (Å²) in [6, 6.07) is 7.66. The highest BCUT2D eigenvalue weighted by molar-refractivity contribution is 6.03. The first-order valence-corrected chi connectivity index (χ1v) is 7.49. The van der Waals surface area contributed by atoms with Crippen molar-refractivity contribution in [2.75, 3.05) is 16.8 Å². The van der Waals surface area contributed by atoms with Crippen molar-refractivity contribution in [3.8, 4) is 0 Å². The molecule has 1 atom stereocenters. The van der Waals surface area contributed by atoms with E-state index >= 15 is 0 Å². The van der Waals surface area contributed by atoms with E-state index in [9.17, 15) is 9.59 Å². The number of hydrogen-bond acceptors (Lipinski definition) is 4. The van der Waals surface area contributed by atoms with Gasteiger partial charge in [0.05, 0.1) is 5.92 Å². The minimum atomic E-state index is -0.396. The number of carbonyl (C=O) groups is 2. The third-order valence-corrected chi connectivity index (χ3v) is 3.81. The van der Waals surface area contributed by atoms with Crippen LogP contribution in [0.1, 0.15) is 17.5 Å². The van der Waals surface area contributed by atoms with Gasteiger partial charge in [-0.2, -0.15) is 0 Å². The summed E-state index contributed by atoms with van der Waals surface area (Å²) in [4.78, 5) is 34.2. The van der Waals surface area contributed by atoms with Gasteiger partial charge in [0.15, 0.2) is 0 Å². The Morgan fingerprint density at radius 2 is 1.83 bits per heavy atom. The molecule has 6 heteroatoms. The van der Waals surface area contributed by atoms with Crippen LogP contribution in [0.2, 0.25) is 0 Å². The van der Waals surface area contributed by atoms with Gasteiger partial charge in [0.1, 0.15) is 0 Å². The van der Waals surface area contributed by atoms with Gasteiger partial charge in [0.2, 0.25) is 17.8 Å². The number of rotatable bonds is 3. The molecule has 0 spiro atoms. The maximum Gasteiger partial charge on any atom is 0.232 e. The van der Waals surface area contributed by atoms with Crippen molar-refractivity contribution >= 4 is 23.5 Å². The molecule has 6 nitrogen and oxygen atoms in total. The van der Waals surface area contributed by atoms with E-state index in [0.717, 1.165) is 16.8 Å². The largest absolute Gasteiger partial charge is 0.312 e. The van der Waals surface area contributed by atoms with Crippen LogP contribution < -0.4 is 10.2 Å². The first-order valence-electron chi connectivity index (χ1n) is 7.49. The first-order chi connectivity index (χ1) is 11.0. The van der Waals surface area contributed by atoms with Crippen LogP contribution in [0.25, 0.3) is 0 Å². The molecule has 0 bridgehead atoms. The third kappa shape index (κ3) is 3.36. The van der Waals surface area contributed by atoms with Crippen molar-refractivity contribution in [3.05, 3.63) is 47.8 Å². The zero-order valence-corrected chi connectivity index (χ0v) is 13.1. The molecule has 23 heavy (non-hydrogen) atoms. The van der Waals surface area contributed by atoms with Crippen LogP contribution in [0, 0.1) is 19.8 Å². The normalized spacial score (nSPS) is 17.4. The van der Waals surface area contributed by atoms with Gasteiger partial charge in [-0.3, -0.25) is 14.9 Å². The smallest absolute Gasteiger partial charge is 0.232 e. The number of aromatic nitrogens is 2. The summed E-state index contributed by atoms with van der Waals surface area (Å²) in [6.45, 7) is 4.36. The molecule has 1 N–H and O–H groups in total. The number of carbonyl (C=O) groups excluding carboxylic acids is 2. The van der Waals surface area contributed by atoms with E-state index < -0.39 is 5.92 Å². The van der Waals surface area contributed by atoms with E-state index in [-0.39, 0.29) is 24.2 Å². The van der Waals surface area contributed by atoms with E-state index in [4.69, 9.17) is 0 Å². The minimum absolute atomic E-state index is 0.0378. The van der Waals surface area contributed by atoms with Crippen LogP contribution >= 0.6 is 0 Å². The summed E-state index contributed by atoms with van der Waals surface area (Å²) in [6.07, 6.45) is 3.32. The molecular weight excluding hydrogens is 292 g/mol. The fraction of sp³-hybridized carbons (Fsp3) is 0.294. The lowest BCUT2D eigenvalue weighted by Gasteiger charge is -2.18. The fourth-order valence-corrected chi connectivity index (χ4v) is 2.82. The van der Waals surface area contributed by atoms with Crippen molar-refractivity contribution in [3.63, 3.8) is 0 Å². The zero-order valence-electron chi connectivity index (χ0n) is 13.1. The summed E-state index contributed by atoms with van der Waals surface area (Å²) in [5.74, 6) is -0.400. The molecule has 1 aliphatic heterocycles. The lowest BCUT2D eigenvalue weighted by atomic mass is 10.1. The van der Waals surface area contributed by atoms with Crippen molar-refractivity contribution < 1.29 is 9.59 Å². The second kappa shape index (κ2) is 6.16. The van der Waals surface area contributed by atoms with Gasteiger partial charge in [-0.25, -0.2) is 9.97 Å². The Hall–Kier alpha value is -2.76. The van der Waals surface area contributed by atoms with Gasteiger partial charge < -0.3 is 4.90 Å². The Kier molecular flexibility index (Phi) is 4.06. The van der Waals surface area contributed by atoms with E-state index in [1.807, 2.05) is 26.0 Å². The monoisotopic (exact) mass is 310 g/mol. The molecule has 0 saturated carbocycles. The highest BCUT2D eigenvalue weighted by atomic mass is 16.2. The van der Waals surface area contributed by atoms with Gasteiger partial charge in [-0.15, -0.1) is 0 Å². The second-order valence-corrected chi connectivity index (χ2v) is 5.81. The molecule has 2 aromatic rings. The lowest BCUT2D eigenvalue weighted by Crippen LogP contribution is -2.28. The fourth-order valence-electron chi connectivity index (χ4n) is 2.82. The van der Waals surface area contributed by atoms with Crippen LogP contribution in [0.15, 0.2) is 36.7 Å². The summed E-state index contributed by atoms with van der Waals surface area (Å²) < 4.78 is 0. The topological polar surface area (TPSA) is 75.2 Å². The molecule has 2 amide bonds. The van der Waals surface area contributed by atoms with Gasteiger partial charge in [-0.1, -0.05) is 6.07 Å². The number of amides is 2. The number of benzene rings is 1. The highest BCUT2D eigenvalue weighted by Crippen LogP contribution is 2.27. The molecule has 1 fully saturated rings. The van der Waals surface area contributed by atoms with Crippen molar-refractivity contribution in [2.24, 2.45) is 5.92 Å². The summed E-state index contributed by atoms with van der Waals surface area (Å²) in [7, 11) is 0. The summed E-state index contributed by atoms with van der Waals surface area (Å²) >= 11 is 0. The summed E-state index contributed by atoms with van der Waals surface area (Å²) in [5, 5.41) is 2.66. The molecule has 1 saturated heterocycles. The molecule has 1 aromatic heterocycles. The predicted octanol–water partition coefficient (Wildman–Crippen LogP) is 2.09. The molecule has 0 aliphatic carbocycles. The molecule has 3 rings (SSSR count). The number of hydrogen-bond donors (Lipinski definition) is 1. The van der Waals surface area contributed by atoms with Gasteiger partial charge in [0.25, 0.3) is 0 Å². The van der Waals surface area contributed by atoms with Gasteiger partial charge in [0, 0.05) is 31.0 Å². The third-order valence-electron chi connectivity index (χ3n) is 3.81. The van der Waals surface area contributed by atoms with Crippen LogP contribution in [0.3, 0.4) is 0 Å². The van der Waals surface area contributed by atoms with Crippen molar-refractivity contribution in [1.82, 2.24) is 9.97 Å². The van der Waals surface area contributed by atoms with E-state index in [2.05, 4.69) is 21.4 Å². The number of nitrogens with one attached hydrogen (secondary N) is 1. The lowest BCUT2D eigenvalue weighted by molar-refractivity contribution is -0.122. The van der Waals surface area contributed by atoms with Crippen molar-refractivity contribution in [2.45, 2.75) is 20.3 Å². The zero-order chi connectivity index (χ0) is 16.4. The average Bonchev–Trinajstić information content (AvgIpc) is 2.89. The molecule has 0 radical (unpaired) electrons. The van der Waals surface area contributed by atoms with Crippen molar-refractivity contribution in [1.29, 1.82) is 0 Å². The Labute approximate surface area is 134 Å². The Morgan fingerprint density at radius 3 is 2.48 bits per heavy atom. The van der Waals surface area contributed by atoms with E-state index in [0.29, 0.717) is 6.54 Å². The Bertz CT molecular complexity index is 725. The summed E-state index contributed by atoms with van der Waals surface area (Å²) in [5.41, 5.74) is 3.04. The van der Waals surface area contributed by atoms with E-state index in [1.54, 1.807) is 23.4 Å². The quantitative estimate of drug-likeness (QED) is 0.942. The average molecular weight is 310 g/mol. The maximum atomic E-state index is 12.3. The molecule has 1 aliphatic rings. The number of anilines is 2. The Balaban J connectivity index is 1.73. The molecular formula is C17H18N4O2. The molecule has 118 valence electrons. The number of nitrogens with zero attached hydrogens (tertiary/aromatic N) is 3. The second-order valence-electron chi connectivity index (χ2n) is 5.81. The van der Waals surface area contributed by atoms with Gasteiger partial charge >= 0.3 is 0 Å². The number of aryl methyl sites for hydroxylation is 2. The van der Waals surface area contributed by atoms with E-state index in [1.165, 1.54) is 0 Å². The van der Waals surface area contributed by atoms with Crippen LogP contribution in [0.4, 0.5) is 11.6 Å². The standard InChI is InChI=1S/C17H18N4O2/c1-11-6-12(2)8-14(7-11)21-10-13(9-15(21)22)16(23)20-17-18-4-3-5-19-17/h3-8,13H,9-10H2,1-2H3,(H,18,19,20,23)/t13-/m1/s1. The molecule has 1 aromatic carbocycles.